The van der Waals surface area contributed by atoms with E-state index in [4.69, 9.17) is 0 Å². The Bertz CT molecular complexity index is 490. The average molecular weight is 318 g/mol. The summed E-state index contributed by atoms with van der Waals surface area (Å²) in [6, 6.07) is 9.53. The summed E-state index contributed by atoms with van der Waals surface area (Å²) in [7, 11) is 0. The van der Waals surface area contributed by atoms with E-state index in [1.54, 1.807) is 0 Å². The minimum Gasteiger partial charge on any atom is -0.370 e. The van der Waals surface area contributed by atoms with Gasteiger partial charge in [-0.15, -0.1) is 0 Å². The lowest BCUT2D eigenvalue weighted by molar-refractivity contribution is 0.812. The maximum atomic E-state index is 4.68. The predicted molar refractivity (Wildman–Crippen MR) is 97.0 cm³/mol. The lowest BCUT2D eigenvalue weighted by Crippen LogP contribution is -2.38. The second-order valence-corrected chi connectivity index (χ2v) is 7.10. The van der Waals surface area contributed by atoms with Crippen LogP contribution in [0.15, 0.2) is 29.3 Å². The number of benzene rings is 1. The smallest absolute Gasteiger partial charge is 0.191 e. The average Bonchev–Trinajstić information content (AvgIpc) is 3.38. The number of thioether (sulfide) groups is 1. The molecule has 1 saturated carbocycles. The highest BCUT2D eigenvalue weighted by Crippen LogP contribution is 2.20. The number of anilines is 1. The minimum absolute atomic E-state index is 0.636. The van der Waals surface area contributed by atoms with Crippen molar-refractivity contribution in [2.24, 2.45) is 4.99 Å². The fourth-order valence-corrected chi connectivity index (χ4v) is 3.45. The molecule has 0 amide bonds. The van der Waals surface area contributed by atoms with E-state index in [0.717, 1.165) is 32.1 Å². The third-order valence-electron chi connectivity index (χ3n) is 3.99. The second kappa shape index (κ2) is 7.77. The Labute approximate surface area is 137 Å². The van der Waals surface area contributed by atoms with E-state index in [9.17, 15) is 0 Å². The maximum Gasteiger partial charge on any atom is 0.191 e. The van der Waals surface area contributed by atoms with E-state index in [1.807, 2.05) is 11.8 Å². The number of hydrogen-bond donors (Lipinski definition) is 2. The minimum atomic E-state index is 0.636. The number of nitrogens with zero attached hydrogens (tertiary/aromatic N) is 2. The van der Waals surface area contributed by atoms with E-state index in [0.29, 0.717) is 6.04 Å². The lowest BCUT2D eigenvalue weighted by atomic mass is 10.2. The molecule has 1 aromatic carbocycles. The third-order valence-corrected chi connectivity index (χ3v) is 4.94. The highest BCUT2D eigenvalue weighted by molar-refractivity contribution is 7.99. The standard InChI is InChI=1S/C17H26N4S/c1-2-18-17(20-15-5-6-15)19-13-14-3-7-16(8-4-14)21-9-11-22-12-10-21/h3-4,7-8,15H,2,5-6,9-13H2,1H3,(H2,18,19,20). The van der Waals surface area contributed by atoms with Gasteiger partial charge in [0.1, 0.15) is 0 Å². The summed E-state index contributed by atoms with van der Waals surface area (Å²) in [6.45, 7) is 6.08. The van der Waals surface area contributed by atoms with Crippen LogP contribution in [0.3, 0.4) is 0 Å². The van der Waals surface area contributed by atoms with Crippen LogP contribution in [0.1, 0.15) is 25.3 Å². The first-order valence-electron chi connectivity index (χ1n) is 8.31. The van der Waals surface area contributed by atoms with Crippen molar-refractivity contribution < 1.29 is 0 Å². The number of aliphatic imine (C=N–C) groups is 1. The zero-order chi connectivity index (χ0) is 15.2. The zero-order valence-electron chi connectivity index (χ0n) is 13.3. The van der Waals surface area contributed by atoms with Crippen LogP contribution in [0, 0.1) is 0 Å². The van der Waals surface area contributed by atoms with Gasteiger partial charge in [0.2, 0.25) is 0 Å². The molecule has 120 valence electrons. The number of guanidine groups is 1. The number of hydrogen-bond acceptors (Lipinski definition) is 3. The molecule has 0 radical (unpaired) electrons. The zero-order valence-corrected chi connectivity index (χ0v) is 14.2. The van der Waals surface area contributed by atoms with Gasteiger partial charge in [-0.2, -0.15) is 11.8 Å². The number of nitrogens with one attached hydrogen (secondary N) is 2. The molecular weight excluding hydrogens is 292 g/mol. The van der Waals surface area contributed by atoms with Gasteiger partial charge >= 0.3 is 0 Å². The van der Waals surface area contributed by atoms with Crippen LogP contribution in [-0.2, 0) is 6.54 Å². The monoisotopic (exact) mass is 318 g/mol. The van der Waals surface area contributed by atoms with Crippen LogP contribution in [-0.4, -0.2) is 43.1 Å². The van der Waals surface area contributed by atoms with Crippen molar-refractivity contribution in [2.45, 2.75) is 32.4 Å². The van der Waals surface area contributed by atoms with Gasteiger partial charge in [-0.3, -0.25) is 0 Å². The topological polar surface area (TPSA) is 39.7 Å². The molecule has 2 N–H and O–H groups in total. The van der Waals surface area contributed by atoms with E-state index in [-0.39, 0.29) is 0 Å². The molecule has 1 aromatic rings. The van der Waals surface area contributed by atoms with Crippen molar-refractivity contribution >= 4 is 23.4 Å². The molecule has 0 bridgehead atoms. The van der Waals surface area contributed by atoms with Gasteiger partial charge in [0.15, 0.2) is 5.96 Å². The van der Waals surface area contributed by atoms with Crippen LogP contribution in [0.5, 0.6) is 0 Å². The van der Waals surface area contributed by atoms with Crippen molar-refractivity contribution in [3.8, 4) is 0 Å². The molecule has 5 heteroatoms. The van der Waals surface area contributed by atoms with Gasteiger partial charge in [-0.25, -0.2) is 4.99 Å². The third kappa shape index (κ3) is 4.57. The summed E-state index contributed by atoms with van der Waals surface area (Å²) in [5.74, 6) is 3.43. The van der Waals surface area contributed by atoms with Gasteiger partial charge < -0.3 is 15.5 Å². The molecule has 3 rings (SSSR count). The van der Waals surface area contributed by atoms with Crippen molar-refractivity contribution in [1.82, 2.24) is 10.6 Å². The summed E-state index contributed by atoms with van der Waals surface area (Å²) in [5.41, 5.74) is 2.61. The fourth-order valence-electron chi connectivity index (χ4n) is 2.55. The molecule has 1 saturated heterocycles. The van der Waals surface area contributed by atoms with Crippen LogP contribution < -0.4 is 15.5 Å². The highest BCUT2D eigenvalue weighted by Gasteiger charge is 2.22. The van der Waals surface area contributed by atoms with Crippen molar-refractivity contribution in [2.75, 3.05) is 36.0 Å². The predicted octanol–water partition coefficient (Wildman–Crippen LogP) is 2.46. The summed E-state index contributed by atoms with van der Waals surface area (Å²) in [6.07, 6.45) is 2.54. The SMILES string of the molecule is CCNC(=NCc1ccc(N2CCSCC2)cc1)NC1CC1. The van der Waals surface area contributed by atoms with Crippen molar-refractivity contribution in [3.05, 3.63) is 29.8 Å². The van der Waals surface area contributed by atoms with Crippen LogP contribution in [0.4, 0.5) is 5.69 Å². The van der Waals surface area contributed by atoms with E-state index in [1.165, 1.54) is 35.6 Å². The Morgan fingerprint density at radius 3 is 2.59 bits per heavy atom. The van der Waals surface area contributed by atoms with E-state index >= 15 is 0 Å². The van der Waals surface area contributed by atoms with Crippen LogP contribution >= 0.6 is 11.8 Å². The van der Waals surface area contributed by atoms with Gasteiger partial charge in [0.25, 0.3) is 0 Å². The van der Waals surface area contributed by atoms with Gasteiger partial charge in [0.05, 0.1) is 6.54 Å². The van der Waals surface area contributed by atoms with Crippen molar-refractivity contribution in [3.63, 3.8) is 0 Å². The summed E-state index contributed by atoms with van der Waals surface area (Å²) >= 11 is 2.05. The molecule has 0 spiro atoms. The Morgan fingerprint density at radius 2 is 1.95 bits per heavy atom. The van der Waals surface area contributed by atoms with Gasteiger partial charge in [-0.05, 0) is 37.5 Å². The first-order chi connectivity index (χ1) is 10.8. The van der Waals surface area contributed by atoms with Gasteiger partial charge in [0, 0.05) is 42.9 Å². The van der Waals surface area contributed by atoms with Crippen LogP contribution in [0.2, 0.25) is 0 Å². The molecule has 0 aromatic heterocycles. The largest absolute Gasteiger partial charge is 0.370 e. The van der Waals surface area contributed by atoms with Gasteiger partial charge in [-0.1, -0.05) is 12.1 Å². The Hall–Kier alpha value is -1.36. The second-order valence-electron chi connectivity index (χ2n) is 5.88. The molecule has 0 atom stereocenters. The van der Waals surface area contributed by atoms with Crippen LogP contribution in [0.25, 0.3) is 0 Å². The normalized spacial score (nSPS) is 19.1. The van der Waals surface area contributed by atoms with E-state index < -0.39 is 0 Å². The fraction of sp³-hybridized carbons (Fsp3) is 0.588. The summed E-state index contributed by atoms with van der Waals surface area (Å²) in [4.78, 5) is 7.16. The molecule has 2 aliphatic rings. The Morgan fingerprint density at radius 1 is 1.23 bits per heavy atom. The first kappa shape index (κ1) is 15.5. The van der Waals surface area contributed by atoms with E-state index in [2.05, 4.69) is 51.7 Å². The molecule has 22 heavy (non-hydrogen) atoms. The maximum absolute atomic E-state index is 4.68. The summed E-state index contributed by atoms with van der Waals surface area (Å²) in [5, 5.41) is 6.77. The highest BCUT2D eigenvalue weighted by atomic mass is 32.2. The summed E-state index contributed by atoms with van der Waals surface area (Å²) < 4.78 is 0. The quantitative estimate of drug-likeness (QED) is 0.646. The molecular formula is C17H26N4S. The Balaban J connectivity index is 1.57. The molecule has 2 fully saturated rings. The molecule has 1 aliphatic carbocycles. The molecule has 4 nitrogen and oxygen atoms in total. The molecule has 1 aliphatic heterocycles. The lowest BCUT2D eigenvalue weighted by Gasteiger charge is -2.28. The van der Waals surface area contributed by atoms with Crippen molar-refractivity contribution in [1.29, 1.82) is 0 Å². The first-order valence-corrected chi connectivity index (χ1v) is 9.47. The molecule has 0 unspecified atom stereocenters. The molecule has 1 heterocycles. The number of rotatable bonds is 5. The Kier molecular flexibility index (Phi) is 5.48.